The van der Waals surface area contributed by atoms with Gasteiger partial charge in [0.2, 0.25) is 5.95 Å². The van der Waals surface area contributed by atoms with Crippen molar-refractivity contribution in [3.05, 3.63) is 29.8 Å². The molecule has 1 saturated heterocycles. The molecular formula is C12H13FN2O3. The zero-order valence-corrected chi connectivity index (χ0v) is 9.67. The van der Waals surface area contributed by atoms with E-state index in [9.17, 15) is 14.0 Å². The summed E-state index contributed by atoms with van der Waals surface area (Å²) >= 11 is 0. The SMILES string of the molecule is O=C(O)[C@@H]1CCCN(C(=O)c2ccnc(F)c2)C1. The molecule has 96 valence electrons. The van der Waals surface area contributed by atoms with Gasteiger partial charge in [0.1, 0.15) is 0 Å². The molecule has 1 N–H and O–H groups in total. The van der Waals surface area contributed by atoms with E-state index in [1.165, 1.54) is 17.2 Å². The standard InChI is InChI=1S/C12H13FN2O3/c13-10-6-8(3-4-14-10)11(16)15-5-1-2-9(7-15)12(17)18/h3-4,6,9H,1-2,5,7H2,(H,17,18)/t9-/m1/s1. The fourth-order valence-corrected chi connectivity index (χ4v) is 2.08. The molecule has 5 nitrogen and oxygen atoms in total. The van der Waals surface area contributed by atoms with Crippen LogP contribution in [0.3, 0.4) is 0 Å². The van der Waals surface area contributed by atoms with Crippen LogP contribution < -0.4 is 0 Å². The fourth-order valence-electron chi connectivity index (χ4n) is 2.08. The normalized spacial score (nSPS) is 19.6. The third-order valence-electron chi connectivity index (χ3n) is 3.03. The highest BCUT2D eigenvalue weighted by Crippen LogP contribution is 2.18. The Kier molecular flexibility index (Phi) is 3.55. The molecule has 0 unspecified atom stereocenters. The van der Waals surface area contributed by atoms with Gasteiger partial charge in [0, 0.05) is 30.9 Å². The number of amides is 1. The number of likely N-dealkylation sites (tertiary alicyclic amines) is 1. The predicted octanol–water partition coefficient (Wildman–Crippen LogP) is 1.16. The van der Waals surface area contributed by atoms with Gasteiger partial charge in [-0.05, 0) is 18.9 Å². The molecule has 2 heterocycles. The highest BCUT2D eigenvalue weighted by Gasteiger charge is 2.28. The number of carbonyl (C=O) groups excluding carboxylic acids is 1. The van der Waals surface area contributed by atoms with Crippen LogP contribution in [0, 0.1) is 11.9 Å². The minimum absolute atomic E-state index is 0.179. The molecule has 0 spiro atoms. The van der Waals surface area contributed by atoms with Crippen molar-refractivity contribution in [3.8, 4) is 0 Å². The monoisotopic (exact) mass is 252 g/mol. The van der Waals surface area contributed by atoms with Crippen molar-refractivity contribution in [2.24, 2.45) is 5.92 Å². The van der Waals surface area contributed by atoms with E-state index in [1.807, 2.05) is 0 Å². The number of hydrogen-bond donors (Lipinski definition) is 1. The van der Waals surface area contributed by atoms with Crippen LogP contribution in [-0.2, 0) is 4.79 Å². The van der Waals surface area contributed by atoms with Gasteiger partial charge < -0.3 is 10.0 Å². The van der Waals surface area contributed by atoms with Gasteiger partial charge in [-0.2, -0.15) is 4.39 Å². The quantitative estimate of drug-likeness (QED) is 0.802. The van der Waals surface area contributed by atoms with Crippen molar-refractivity contribution in [2.75, 3.05) is 13.1 Å². The number of rotatable bonds is 2. The van der Waals surface area contributed by atoms with Crippen molar-refractivity contribution in [1.29, 1.82) is 0 Å². The molecule has 0 bridgehead atoms. The number of hydrogen-bond acceptors (Lipinski definition) is 3. The molecule has 1 aromatic heterocycles. The van der Waals surface area contributed by atoms with Crippen LogP contribution in [0.2, 0.25) is 0 Å². The maximum Gasteiger partial charge on any atom is 0.308 e. The van der Waals surface area contributed by atoms with Crippen LogP contribution in [0.4, 0.5) is 4.39 Å². The van der Waals surface area contributed by atoms with E-state index in [-0.39, 0.29) is 18.0 Å². The smallest absolute Gasteiger partial charge is 0.308 e. The van der Waals surface area contributed by atoms with E-state index in [0.717, 1.165) is 6.07 Å². The van der Waals surface area contributed by atoms with Gasteiger partial charge in [0.25, 0.3) is 5.91 Å². The van der Waals surface area contributed by atoms with Crippen LogP contribution in [-0.4, -0.2) is 40.0 Å². The van der Waals surface area contributed by atoms with E-state index in [2.05, 4.69) is 4.98 Å². The maximum atomic E-state index is 12.9. The van der Waals surface area contributed by atoms with Gasteiger partial charge in [-0.25, -0.2) is 4.98 Å². The van der Waals surface area contributed by atoms with Gasteiger partial charge in [-0.15, -0.1) is 0 Å². The van der Waals surface area contributed by atoms with E-state index >= 15 is 0 Å². The average Bonchev–Trinajstić information content (AvgIpc) is 2.38. The molecule has 0 aliphatic carbocycles. The Balaban J connectivity index is 2.11. The van der Waals surface area contributed by atoms with Gasteiger partial charge >= 0.3 is 5.97 Å². The number of carbonyl (C=O) groups is 2. The number of pyridine rings is 1. The zero-order valence-electron chi connectivity index (χ0n) is 9.67. The van der Waals surface area contributed by atoms with Crippen LogP contribution in [0.15, 0.2) is 18.3 Å². The van der Waals surface area contributed by atoms with E-state index in [1.54, 1.807) is 0 Å². The molecule has 0 radical (unpaired) electrons. The number of halogens is 1. The molecule has 6 heteroatoms. The van der Waals surface area contributed by atoms with Crippen LogP contribution >= 0.6 is 0 Å². The summed E-state index contributed by atoms with van der Waals surface area (Å²) in [7, 11) is 0. The summed E-state index contributed by atoms with van der Waals surface area (Å²) in [4.78, 5) is 27.8. The van der Waals surface area contributed by atoms with Crippen LogP contribution in [0.25, 0.3) is 0 Å². The molecule has 18 heavy (non-hydrogen) atoms. The first-order chi connectivity index (χ1) is 8.58. The number of nitrogens with zero attached hydrogens (tertiary/aromatic N) is 2. The second-order valence-corrected chi connectivity index (χ2v) is 4.30. The van der Waals surface area contributed by atoms with Gasteiger partial charge in [0.15, 0.2) is 0 Å². The number of carboxylic acid groups (broad SMARTS) is 1. The first-order valence-electron chi connectivity index (χ1n) is 5.71. The minimum Gasteiger partial charge on any atom is -0.481 e. The van der Waals surface area contributed by atoms with Crippen molar-refractivity contribution >= 4 is 11.9 Å². The summed E-state index contributed by atoms with van der Waals surface area (Å²) in [5.74, 6) is -2.49. The van der Waals surface area contributed by atoms with Crippen molar-refractivity contribution < 1.29 is 19.1 Å². The molecule has 1 aliphatic rings. The lowest BCUT2D eigenvalue weighted by Crippen LogP contribution is -2.42. The number of piperidine rings is 1. The van der Waals surface area contributed by atoms with Crippen molar-refractivity contribution in [2.45, 2.75) is 12.8 Å². The lowest BCUT2D eigenvalue weighted by atomic mass is 9.98. The number of aromatic nitrogens is 1. The van der Waals surface area contributed by atoms with Crippen molar-refractivity contribution in [3.63, 3.8) is 0 Å². The van der Waals surface area contributed by atoms with Crippen LogP contribution in [0.5, 0.6) is 0 Å². The van der Waals surface area contributed by atoms with Crippen molar-refractivity contribution in [1.82, 2.24) is 9.88 Å². The first kappa shape index (κ1) is 12.5. The van der Waals surface area contributed by atoms with E-state index < -0.39 is 17.8 Å². The predicted molar refractivity (Wildman–Crippen MR) is 60.5 cm³/mol. The first-order valence-corrected chi connectivity index (χ1v) is 5.71. The van der Waals surface area contributed by atoms with Gasteiger partial charge in [0.05, 0.1) is 5.92 Å². The second-order valence-electron chi connectivity index (χ2n) is 4.30. The third-order valence-corrected chi connectivity index (χ3v) is 3.03. The molecule has 1 aliphatic heterocycles. The summed E-state index contributed by atoms with van der Waals surface area (Å²) in [5, 5.41) is 8.94. The minimum atomic E-state index is -0.895. The Morgan fingerprint density at radius 2 is 2.28 bits per heavy atom. The molecule has 1 aromatic rings. The average molecular weight is 252 g/mol. The second kappa shape index (κ2) is 5.12. The summed E-state index contributed by atoms with van der Waals surface area (Å²) < 4.78 is 12.9. The van der Waals surface area contributed by atoms with Gasteiger partial charge in [-0.1, -0.05) is 0 Å². The highest BCUT2D eigenvalue weighted by molar-refractivity contribution is 5.94. The van der Waals surface area contributed by atoms with E-state index in [4.69, 9.17) is 5.11 Å². The molecule has 1 atom stereocenters. The Bertz CT molecular complexity index is 478. The van der Waals surface area contributed by atoms with Gasteiger partial charge in [-0.3, -0.25) is 9.59 Å². The zero-order chi connectivity index (χ0) is 13.1. The largest absolute Gasteiger partial charge is 0.481 e. The molecule has 2 rings (SSSR count). The van der Waals surface area contributed by atoms with E-state index in [0.29, 0.717) is 19.4 Å². The lowest BCUT2D eigenvalue weighted by molar-refractivity contribution is -0.143. The highest BCUT2D eigenvalue weighted by atomic mass is 19.1. The summed E-state index contributed by atoms with van der Waals surface area (Å²) in [6.07, 6.45) is 2.45. The molecule has 0 saturated carbocycles. The summed E-state index contributed by atoms with van der Waals surface area (Å²) in [5.41, 5.74) is 0.202. The van der Waals surface area contributed by atoms with Crippen LogP contribution in [0.1, 0.15) is 23.2 Å². The molecule has 1 fully saturated rings. The topological polar surface area (TPSA) is 70.5 Å². The maximum absolute atomic E-state index is 12.9. The molecule has 0 aromatic carbocycles. The summed E-state index contributed by atoms with van der Waals surface area (Å²) in [6, 6.07) is 2.49. The number of carboxylic acids is 1. The Morgan fingerprint density at radius 1 is 1.50 bits per heavy atom. The summed E-state index contributed by atoms with van der Waals surface area (Å²) in [6.45, 7) is 0.685. The molecular weight excluding hydrogens is 239 g/mol. The lowest BCUT2D eigenvalue weighted by Gasteiger charge is -2.30. The molecule has 1 amide bonds. The Labute approximate surface area is 103 Å². The Hall–Kier alpha value is -1.98. The third kappa shape index (κ3) is 2.64. The Morgan fingerprint density at radius 3 is 2.94 bits per heavy atom. The fraction of sp³-hybridized carbons (Fsp3) is 0.417. The number of aliphatic carboxylic acids is 1.